The van der Waals surface area contributed by atoms with E-state index < -0.39 is 17.8 Å². The highest BCUT2D eigenvalue weighted by Gasteiger charge is 2.39. The third kappa shape index (κ3) is 2.79. The number of imide groups is 1. The minimum Gasteiger partial charge on any atom is -0.341 e. The summed E-state index contributed by atoms with van der Waals surface area (Å²) in [6.07, 6.45) is 0. The molecule has 134 valence electrons. The van der Waals surface area contributed by atoms with E-state index in [0.29, 0.717) is 16.6 Å². The summed E-state index contributed by atoms with van der Waals surface area (Å²) in [6.45, 7) is 3.63. The molecule has 2 heterocycles. The van der Waals surface area contributed by atoms with Crippen LogP contribution in [-0.4, -0.2) is 32.8 Å². The van der Waals surface area contributed by atoms with Gasteiger partial charge in [0.25, 0.3) is 11.8 Å². The Bertz CT molecular complexity index is 1070. The van der Waals surface area contributed by atoms with Crippen LogP contribution in [0.3, 0.4) is 0 Å². The second-order valence-corrected chi connectivity index (χ2v) is 6.26. The fourth-order valence-corrected chi connectivity index (χ4v) is 2.96. The lowest BCUT2D eigenvalue weighted by Gasteiger charge is -2.11. The Labute approximate surface area is 154 Å². The van der Waals surface area contributed by atoms with Gasteiger partial charge in [0.1, 0.15) is 5.82 Å². The van der Waals surface area contributed by atoms with E-state index in [9.17, 15) is 14.4 Å². The summed E-state index contributed by atoms with van der Waals surface area (Å²) < 4.78 is 0. The Kier molecular flexibility index (Phi) is 3.84. The number of nitrogens with one attached hydrogen (secondary N) is 1. The number of hydroxylamine groups is 2. The standard InChI is InChI=1S/C20H15N3O4/c1-11-6-5-7-13(10-11)17-21-12(2)16(22-17)20(26)27-23-18(24)14-8-3-4-9-15(14)19(23)25/h3-10H,1-2H3,(H,21,22). The number of aromatic amines is 1. The van der Waals surface area contributed by atoms with Gasteiger partial charge in [-0.2, -0.15) is 0 Å². The predicted molar refractivity (Wildman–Crippen MR) is 95.9 cm³/mol. The molecule has 4 rings (SSSR count). The average Bonchev–Trinajstić information content (AvgIpc) is 3.16. The van der Waals surface area contributed by atoms with Crippen molar-refractivity contribution in [3.8, 4) is 11.4 Å². The molecule has 0 saturated heterocycles. The molecule has 0 aliphatic carbocycles. The fourth-order valence-electron chi connectivity index (χ4n) is 2.96. The summed E-state index contributed by atoms with van der Waals surface area (Å²) in [5, 5.41) is 0.480. The third-order valence-electron chi connectivity index (χ3n) is 4.30. The Morgan fingerprint density at radius 2 is 1.67 bits per heavy atom. The number of imidazole rings is 1. The molecule has 2 amide bonds. The van der Waals surface area contributed by atoms with Gasteiger partial charge in [0.15, 0.2) is 5.69 Å². The lowest BCUT2D eigenvalue weighted by atomic mass is 10.1. The number of amides is 2. The summed E-state index contributed by atoms with van der Waals surface area (Å²) in [6, 6.07) is 13.9. The number of fused-ring (bicyclic) bond motifs is 1. The van der Waals surface area contributed by atoms with Crippen molar-refractivity contribution in [1.29, 1.82) is 0 Å². The van der Waals surface area contributed by atoms with Gasteiger partial charge >= 0.3 is 5.97 Å². The Morgan fingerprint density at radius 1 is 1.00 bits per heavy atom. The first kappa shape index (κ1) is 16.7. The van der Waals surface area contributed by atoms with Gasteiger partial charge in [-0.15, -0.1) is 0 Å². The number of H-pyrrole nitrogens is 1. The highest BCUT2D eigenvalue weighted by Crippen LogP contribution is 2.24. The van der Waals surface area contributed by atoms with Gasteiger partial charge in [-0.3, -0.25) is 9.59 Å². The molecule has 7 heteroatoms. The van der Waals surface area contributed by atoms with Crippen molar-refractivity contribution in [3.63, 3.8) is 0 Å². The molecule has 1 aliphatic rings. The largest absolute Gasteiger partial charge is 0.384 e. The van der Waals surface area contributed by atoms with Crippen LogP contribution in [0.5, 0.6) is 0 Å². The van der Waals surface area contributed by atoms with Crippen LogP contribution in [-0.2, 0) is 4.84 Å². The molecular weight excluding hydrogens is 346 g/mol. The summed E-state index contributed by atoms with van der Waals surface area (Å²) in [5.41, 5.74) is 2.77. The van der Waals surface area contributed by atoms with Crippen molar-refractivity contribution in [2.45, 2.75) is 13.8 Å². The molecule has 0 bridgehead atoms. The maximum Gasteiger partial charge on any atom is 0.384 e. The number of rotatable bonds is 3. The second-order valence-electron chi connectivity index (χ2n) is 6.26. The first-order chi connectivity index (χ1) is 13.0. The Morgan fingerprint density at radius 3 is 2.30 bits per heavy atom. The molecule has 0 radical (unpaired) electrons. The normalized spacial score (nSPS) is 13.0. The maximum absolute atomic E-state index is 12.5. The van der Waals surface area contributed by atoms with Crippen molar-refractivity contribution in [2.24, 2.45) is 0 Å². The maximum atomic E-state index is 12.5. The highest BCUT2D eigenvalue weighted by molar-refractivity contribution is 6.21. The monoisotopic (exact) mass is 361 g/mol. The molecule has 0 unspecified atom stereocenters. The van der Waals surface area contributed by atoms with Crippen LogP contribution in [0.4, 0.5) is 0 Å². The van der Waals surface area contributed by atoms with Crippen LogP contribution in [0.1, 0.15) is 42.5 Å². The number of benzene rings is 2. The predicted octanol–water partition coefficient (Wildman–Crippen LogP) is 3.06. The molecule has 7 nitrogen and oxygen atoms in total. The number of hydrogen-bond donors (Lipinski definition) is 1. The Balaban J connectivity index is 1.60. The van der Waals surface area contributed by atoms with Crippen molar-refractivity contribution in [3.05, 3.63) is 76.6 Å². The smallest absolute Gasteiger partial charge is 0.341 e. The highest BCUT2D eigenvalue weighted by atomic mass is 16.7. The summed E-state index contributed by atoms with van der Waals surface area (Å²) >= 11 is 0. The molecule has 0 atom stereocenters. The van der Waals surface area contributed by atoms with E-state index in [1.54, 1.807) is 19.1 Å². The van der Waals surface area contributed by atoms with E-state index in [1.165, 1.54) is 12.1 Å². The second kappa shape index (κ2) is 6.21. The lowest BCUT2D eigenvalue weighted by molar-refractivity contribution is -0.0588. The molecule has 0 spiro atoms. The van der Waals surface area contributed by atoms with Crippen LogP contribution in [0, 0.1) is 13.8 Å². The van der Waals surface area contributed by atoms with Crippen LogP contribution >= 0.6 is 0 Å². The van der Waals surface area contributed by atoms with E-state index in [-0.39, 0.29) is 16.8 Å². The molecule has 0 saturated carbocycles. The summed E-state index contributed by atoms with van der Waals surface area (Å²) in [7, 11) is 0. The lowest BCUT2D eigenvalue weighted by Crippen LogP contribution is -2.33. The van der Waals surface area contributed by atoms with E-state index in [1.807, 2.05) is 31.2 Å². The number of aryl methyl sites for hydroxylation is 2. The minimum absolute atomic E-state index is 0.0167. The van der Waals surface area contributed by atoms with Gasteiger partial charge in [-0.1, -0.05) is 41.0 Å². The number of carbonyl (C=O) groups is 3. The van der Waals surface area contributed by atoms with E-state index in [0.717, 1.165) is 11.1 Å². The van der Waals surface area contributed by atoms with Gasteiger partial charge in [-0.05, 0) is 32.0 Å². The van der Waals surface area contributed by atoms with E-state index >= 15 is 0 Å². The van der Waals surface area contributed by atoms with E-state index in [4.69, 9.17) is 4.84 Å². The van der Waals surface area contributed by atoms with Gasteiger partial charge in [0, 0.05) is 11.3 Å². The summed E-state index contributed by atoms with van der Waals surface area (Å²) in [4.78, 5) is 49.6. The van der Waals surface area contributed by atoms with E-state index in [2.05, 4.69) is 9.97 Å². The molecule has 1 aromatic heterocycles. The van der Waals surface area contributed by atoms with Crippen LogP contribution < -0.4 is 0 Å². The van der Waals surface area contributed by atoms with Crippen molar-refractivity contribution >= 4 is 17.8 Å². The number of carbonyl (C=O) groups excluding carboxylic acids is 3. The quantitative estimate of drug-likeness (QED) is 0.724. The van der Waals surface area contributed by atoms with Crippen molar-refractivity contribution in [1.82, 2.24) is 15.0 Å². The summed E-state index contributed by atoms with van der Waals surface area (Å²) in [5.74, 6) is -1.71. The molecule has 2 aromatic carbocycles. The number of hydrogen-bond acceptors (Lipinski definition) is 5. The van der Waals surface area contributed by atoms with Crippen molar-refractivity contribution < 1.29 is 19.2 Å². The van der Waals surface area contributed by atoms with Crippen LogP contribution in [0.25, 0.3) is 11.4 Å². The molecule has 3 aromatic rings. The average molecular weight is 361 g/mol. The molecule has 1 N–H and O–H groups in total. The topological polar surface area (TPSA) is 92.4 Å². The van der Waals surface area contributed by atoms with Crippen molar-refractivity contribution in [2.75, 3.05) is 0 Å². The van der Waals surface area contributed by atoms with Gasteiger partial charge in [-0.25, -0.2) is 9.78 Å². The minimum atomic E-state index is -0.878. The van der Waals surface area contributed by atoms with Crippen LogP contribution in [0.2, 0.25) is 0 Å². The first-order valence-electron chi connectivity index (χ1n) is 8.29. The van der Waals surface area contributed by atoms with Crippen LogP contribution in [0.15, 0.2) is 48.5 Å². The first-order valence-corrected chi connectivity index (χ1v) is 8.29. The number of aromatic nitrogens is 2. The number of nitrogens with zero attached hydrogens (tertiary/aromatic N) is 2. The molecule has 1 aliphatic heterocycles. The molecule has 0 fully saturated rings. The SMILES string of the molecule is Cc1cccc(-c2nc(C(=O)ON3C(=O)c4ccccc4C3=O)c(C)[nH]2)c1. The zero-order valence-corrected chi connectivity index (χ0v) is 14.6. The fraction of sp³-hybridized carbons (Fsp3) is 0.100. The third-order valence-corrected chi connectivity index (χ3v) is 4.30. The molecule has 27 heavy (non-hydrogen) atoms. The Hall–Kier alpha value is -3.74. The van der Waals surface area contributed by atoms with Gasteiger partial charge in [0.05, 0.1) is 11.1 Å². The molecular formula is C20H15N3O4. The zero-order chi connectivity index (χ0) is 19.1. The zero-order valence-electron chi connectivity index (χ0n) is 14.6. The van der Waals surface area contributed by atoms with Gasteiger partial charge < -0.3 is 9.82 Å². The van der Waals surface area contributed by atoms with Gasteiger partial charge in [0.2, 0.25) is 0 Å².